The molecule has 0 aliphatic carbocycles. The Bertz CT molecular complexity index is 108. The third-order valence-electron chi connectivity index (χ3n) is 2.09. The van der Waals surface area contributed by atoms with Gasteiger partial charge in [0.05, 0.1) is 32.5 Å². The summed E-state index contributed by atoms with van der Waals surface area (Å²) in [4.78, 5) is 0. The minimum atomic E-state index is -0.0648. The van der Waals surface area contributed by atoms with E-state index in [1.165, 1.54) is 0 Å². The van der Waals surface area contributed by atoms with Crippen molar-refractivity contribution >= 4 is 0 Å². The lowest BCUT2D eigenvalue weighted by atomic mass is 10.2. The van der Waals surface area contributed by atoms with E-state index in [2.05, 4.69) is 0 Å². The molecule has 0 amide bonds. The van der Waals surface area contributed by atoms with Gasteiger partial charge in [-0.25, -0.2) is 0 Å². The first-order chi connectivity index (χ1) is 8.22. The monoisotopic (exact) mass is 250 g/mol. The Labute approximate surface area is 106 Å². The molecule has 0 spiro atoms. The van der Waals surface area contributed by atoms with E-state index in [1.54, 1.807) is 0 Å². The summed E-state index contributed by atoms with van der Waals surface area (Å²) in [5, 5.41) is 8.67. The van der Waals surface area contributed by atoms with E-state index in [9.17, 15) is 0 Å². The lowest BCUT2D eigenvalue weighted by Gasteiger charge is -2.03. The van der Waals surface area contributed by atoms with Crippen LogP contribution in [0.5, 0.6) is 0 Å². The Balaban J connectivity index is 0. The van der Waals surface area contributed by atoms with Gasteiger partial charge < -0.3 is 19.3 Å². The molecule has 4 nitrogen and oxygen atoms in total. The van der Waals surface area contributed by atoms with Crippen LogP contribution in [0.2, 0.25) is 0 Å². The molecule has 0 rings (SSSR count). The molecule has 0 aromatic carbocycles. The van der Waals surface area contributed by atoms with Gasteiger partial charge in [-0.2, -0.15) is 0 Å². The Hall–Kier alpha value is -0.160. The SMILES string of the molecule is CCC(O)CC.CCOCCOCCOCC. The van der Waals surface area contributed by atoms with E-state index < -0.39 is 0 Å². The molecule has 4 heteroatoms. The minimum Gasteiger partial charge on any atom is -0.393 e. The first-order valence-electron chi connectivity index (χ1n) is 6.64. The average Bonchev–Trinajstić information content (AvgIpc) is 2.37. The Morgan fingerprint density at radius 2 is 1.06 bits per heavy atom. The van der Waals surface area contributed by atoms with Crippen LogP contribution in [0.1, 0.15) is 40.5 Å². The highest BCUT2D eigenvalue weighted by atomic mass is 16.5. The van der Waals surface area contributed by atoms with Gasteiger partial charge >= 0.3 is 0 Å². The molecule has 0 aliphatic rings. The zero-order valence-corrected chi connectivity index (χ0v) is 11.9. The highest BCUT2D eigenvalue weighted by molar-refractivity contribution is 4.43. The predicted octanol–water partition coefficient (Wildman–Crippen LogP) is 2.24. The van der Waals surface area contributed by atoms with Crippen LogP contribution >= 0.6 is 0 Å². The van der Waals surface area contributed by atoms with E-state index in [-0.39, 0.29) is 6.10 Å². The van der Waals surface area contributed by atoms with Gasteiger partial charge in [-0.3, -0.25) is 0 Å². The van der Waals surface area contributed by atoms with Gasteiger partial charge in [0.2, 0.25) is 0 Å². The van der Waals surface area contributed by atoms with Crippen LogP contribution in [-0.2, 0) is 14.2 Å². The molecule has 0 heterocycles. The van der Waals surface area contributed by atoms with E-state index in [4.69, 9.17) is 19.3 Å². The molecule has 106 valence electrons. The summed E-state index contributed by atoms with van der Waals surface area (Å²) in [6, 6.07) is 0. The van der Waals surface area contributed by atoms with Gasteiger partial charge in [0.1, 0.15) is 0 Å². The first kappa shape index (κ1) is 19.2. The molecule has 0 aromatic rings. The van der Waals surface area contributed by atoms with Crippen LogP contribution < -0.4 is 0 Å². The van der Waals surface area contributed by atoms with Crippen LogP contribution in [0.3, 0.4) is 0 Å². The van der Waals surface area contributed by atoms with Crippen LogP contribution in [0.25, 0.3) is 0 Å². The third-order valence-corrected chi connectivity index (χ3v) is 2.09. The smallest absolute Gasteiger partial charge is 0.0701 e. The van der Waals surface area contributed by atoms with Crippen molar-refractivity contribution in [3.8, 4) is 0 Å². The summed E-state index contributed by atoms with van der Waals surface area (Å²) in [5.74, 6) is 0. The molecule has 0 atom stereocenters. The maximum Gasteiger partial charge on any atom is 0.0701 e. The largest absolute Gasteiger partial charge is 0.393 e. The maximum atomic E-state index is 8.67. The number of aliphatic hydroxyl groups excluding tert-OH is 1. The second-order valence-electron chi connectivity index (χ2n) is 3.48. The van der Waals surface area contributed by atoms with Gasteiger partial charge in [-0.15, -0.1) is 0 Å². The average molecular weight is 250 g/mol. The quantitative estimate of drug-likeness (QED) is 0.604. The van der Waals surface area contributed by atoms with Gasteiger partial charge in [-0.1, -0.05) is 13.8 Å². The third kappa shape index (κ3) is 21.6. The maximum absolute atomic E-state index is 8.67. The molecule has 0 aromatic heterocycles. The number of ether oxygens (including phenoxy) is 3. The van der Waals surface area contributed by atoms with E-state index in [0.29, 0.717) is 26.4 Å². The summed E-state index contributed by atoms with van der Waals surface area (Å²) in [5.41, 5.74) is 0. The summed E-state index contributed by atoms with van der Waals surface area (Å²) in [7, 11) is 0. The summed E-state index contributed by atoms with van der Waals surface area (Å²) in [6.45, 7) is 12.1. The second-order valence-corrected chi connectivity index (χ2v) is 3.48. The highest BCUT2D eigenvalue weighted by Crippen LogP contribution is 1.92. The van der Waals surface area contributed by atoms with Crippen molar-refractivity contribution in [2.24, 2.45) is 0 Å². The molecule has 0 radical (unpaired) electrons. The summed E-state index contributed by atoms with van der Waals surface area (Å²) < 4.78 is 15.3. The Morgan fingerprint density at radius 3 is 1.29 bits per heavy atom. The fourth-order valence-corrected chi connectivity index (χ4v) is 0.915. The first-order valence-corrected chi connectivity index (χ1v) is 6.64. The molecule has 17 heavy (non-hydrogen) atoms. The molecule has 0 aliphatic heterocycles. The van der Waals surface area contributed by atoms with Crippen molar-refractivity contribution in [3.05, 3.63) is 0 Å². The lowest BCUT2D eigenvalue weighted by Crippen LogP contribution is -2.08. The number of rotatable bonds is 10. The Kier molecular flexibility index (Phi) is 20.6. The van der Waals surface area contributed by atoms with Gasteiger partial charge in [0, 0.05) is 13.2 Å². The molecule has 0 bridgehead atoms. The van der Waals surface area contributed by atoms with E-state index in [1.807, 2.05) is 27.7 Å². The number of hydrogen-bond acceptors (Lipinski definition) is 4. The molecule has 1 N–H and O–H groups in total. The fourth-order valence-electron chi connectivity index (χ4n) is 0.915. The molecule has 0 unspecified atom stereocenters. The van der Waals surface area contributed by atoms with Crippen LogP contribution in [0.15, 0.2) is 0 Å². The summed E-state index contributed by atoms with van der Waals surface area (Å²) in [6.07, 6.45) is 1.71. The van der Waals surface area contributed by atoms with Crippen molar-refractivity contribution in [2.75, 3.05) is 39.6 Å². The minimum absolute atomic E-state index is 0.0648. The number of aliphatic hydroxyl groups is 1. The molecular weight excluding hydrogens is 220 g/mol. The normalized spacial score (nSPS) is 10.2. The van der Waals surface area contributed by atoms with Crippen molar-refractivity contribution in [2.45, 2.75) is 46.6 Å². The molecule has 0 fully saturated rings. The lowest BCUT2D eigenvalue weighted by molar-refractivity contribution is 0.0195. The molecular formula is C13H30O4. The zero-order valence-electron chi connectivity index (χ0n) is 11.9. The van der Waals surface area contributed by atoms with Crippen molar-refractivity contribution in [3.63, 3.8) is 0 Å². The van der Waals surface area contributed by atoms with Gasteiger partial charge in [0.15, 0.2) is 0 Å². The molecule has 0 saturated carbocycles. The standard InChI is InChI=1S/C8H18O3.C5H12O/c1-3-9-5-7-11-8-6-10-4-2;1-3-5(6)4-2/h3-8H2,1-2H3;5-6H,3-4H2,1-2H3. The number of hydrogen-bond donors (Lipinski definition) is 1. The summed E-state index contributed by atoms with van der Waals surface area (Å²) >= 11 is 0. The van der Waals surface area contributed by atoms with Crippen LogP contribution in [0.4, 0.5) is 0 Å². The van der Waals surface area contributed by atoms with Crippen molar-refractivity contribution in [1.29, 1.82) is 0 Å². The predicted molar refractivity (Wildman–Crippen MR) is 70.4 cm³/mol. The van der Waals surface area contributed by atoms with Crippen molar-refractivity contribution in [1.82, 2.24) is 0 Å². The topological polar surface area (TPSA) is 47.9 Å². The van der Waals surface area contributed by atoms with Crippen LogP contribution in [0, 0.1) is 0 Å². The van der Waals surface area contributed by atoms with Gasteiger partial charge in [0.25, 0.3) is 0 Å². The van der Waals surface area contributed by atoms with E-state index in [0.717, 1.165) is 26.1 Å². The molecule has 0 saturated heterocycles. The van der Waals surface area contributed by atoms with E-state index >= 15 is 0 Å². The Morgan fingerprint density at radius 1 is 0.706 bits per heavy atom. The second kappa shape index (κ2) is 18.2. The van der Waals surface area contributed by atoms with Crippen LogP contribution in [-0.4, -0.2) is 50.9 Å². The van der Waals surface area contributed by atoms with Crippen molar-refractivity contribution < 1.29 is 19.3 Å². The zero-order chi connectivity index (χ0) is 13.4. The highest BCUT2D eigenvalue weighted by Gasteiger charge is 1.90. The van der Waals surface area contributed by atoms with Gasteiger partial charge in [-0.05, 0) is 26.7 Å². The fraction of sp³-hybridized carbons (Fsp3) is 1.00.